The van der Waals surface area contributed by atoms with Crippen LogP contribution in [0.1, 0.15) is 23.2 Å². The summed E-state index contributed by atoms with van der Waals surface area (Å²) in [6.07, 6.45) is 1.63. The first-order chi connectivity index (χ1) is 13.1. The molecule has 5 rings (SSSR count). The van der Waals surface area contributed by atoms with Gasteiger partial charge in [0.05, 0.1) is 11.3 Å². The number of rotatable bonds is 1. The molecule has 4 nitrogen and oxygen atoms in total. The third-order valence-electron chi connectivity index (χ3n) is 5.82. The van der Waals surface area contributed by atoms with E-state index in [1.165, 1.54) is 5.39 Å². The van der Waals surface area contributed by atoms with Crippen LogP contribution in [0.4, 0.5) is 5.69 Å². The number of likely N-dealkylation sites (N-methyl/N-ethyl adjacent to an activating group) is 1. The molecule has 0 spiro atoms. The highest BCUT2D eigenvalue weighted by molar-refractivity contribution is 6.12. The fraction of sp³-hybridized carbons (Fsp3) is 0.217. The topological polar surface area (TPSA) is 40.6 Å². The number of hydrogen-bond acceptors (Lipinski definition) is 2. The van der Waals surface area contributed by atoms with Crippen LogP contribution in [-0.4, -0.2) is 36.3 Å². The van der Waals surface area contributed by atoms with Crippen LogP contribution in [0.3, 0.4) is 0 Å². The van der Waals surface area contributed by atoms with Gasteiger partial charge >= 0.3 is 0 Å². The lowest BCUT2D eigenvalue weighted by Crippen LogP contribution is -2.43. The molecule has 134 valence electrons. The summed E-state index contributed by atoms with van der Waals surface area (Å²) in [7, 11) is 1.77. The van der Waals surface area contributed by atoms with Crippen molar-refractivity contribution in [3.8, 4) is 11.1 Å². The van der Waals surface area contributed by atoms with Gasteiger partial charge in [0.2, 0.25) is 5.91 Å². The first-order valence-electron chi connectivity index (χ1n) is 9.36. The molecule has 0 aromatic heterocycles. The van der Waals surface area contributed by atoms with Crippen LogP contribution in [0.2, 0.25) is 0 Å². The van der Waals surface area contributed by atoms with Crippen LogP contribution in [-0.2, 0) is 4.79 Å². The summed E-state index contributed by atoms with van der Waals surface area (Å²) >= 11 is 0. The Bertz CT molecular complexity index is 1080. The lowest BCUT2D eigenvalue weighted by molar-refractivity contribution is -0.121. The second-order valence-electron chi connectivity index (χ2n) is 7.31. The SMILES string of the molecule is CN1C(=O)[C@@H]2CCCN2C(=O)c2cc(-c3cccc4ccccc34)ccc21. The van der Waals surface area contributed by atoms with E-state index in [4.69, 9.17) is 0 Å². The number of nitrogens with zero attached hydrogens (tertiary/aromatic N) is 2. The Morgan fingerprint density at radius 3 is 2.63 bits per heavy atom. The minimum Gasteiger partial charge on any atom is -0.327 e. The average molecular weight is 356 g/mol. The molecule has 3 aromatic rings. The minimum atomic E-state index is -0.323. The number of carbonyl (C=O) groups excluding carboxylic acids is 2. The first kappa shape index (κ1) is 16.1. The van der Waals surface area contributed by atoms with Crippen LogP contribution < -0.4 is 4.90 Å². The predicted molar refractivity (Wildman–Crippen MR) is 107 cm³/mol. The third-order valence-corrected chi connectivity index (χ3v) is 5.82. The summed E-state index contributed by atoms with van der Waals surface area (Å²) in [5.41, 5.74) is 3.40. The smallest absolute Gasteiger partial charge is 0.256 e. The molecule has 1 fully saturated rings. The Kier molecular flexibility index (Phi) is 3.54. The lowest BCUT2D eigenvalue weighted by Gasteiger charge is -2.22. The van der Waals surface area contributed by atoms with Crippen molar-refractivity contribution < 1.29 is 9.59 Å². The van der Waals surface area contributed by atoms with Crippen molar-refractivity contribution in [2.75, 3.05) is 18.5 Å². The van der Waals surface area contributed by atoms with E-state index < -0.39 is 0 Å². The van der Waals surface area contributed by atoms with Gasteiger partial charge in [-0.15, -0.1) is 0 Å². The van der Waals surface area contributed by atoms with Gasteiger partial charge in [0.25, 0.3) is 5.91 Å². The highest BCUT2D eigenvalue weighted by Crippen LogP contribution is 2.36. The molecule has 1 saturated heterocycles. The molecule has 0 unspecified atom stereocenters. The predicted octanol–water partition coefficient (Wildman–Crippen LogP) is 4.09. The number of hydrogen-bond donors (Lipinski definition) is 0. The molecular weight excluding hydrogens is 336 g/mol. The quantitative estimate of drug-likeness (QED) is 0.659. The van der Waals surface area contributed by atoms with Gasteiger partial charge in [-0.2, -0.15) is 0 Å². The van der Waals surface area contributed by atoms with Crippen molar-refractivity contribution in [1.29, 1.82) is 0 Å². The number of anilines is 1. The highest BCUT2D eigenvalue weighted by Gasteiger charge is 2.40. The molecule has 0 radical (unpaired) electrons. The van der Waals surface area contributed by atoms with Crippen LogP contribution in [0.15, 0.2) is 60.7 Å². The van der Waals surface area contributed by atoms with Crippen LogP contribution >= 0.6 is 0 Å². The monoisotopic (exact) mass is 356 g/mol. The molecule has 0 bridgehead atoms. The molecular formula is C23H20N2O2. The fourth-order valence-electron chi connectivity index (χ4n) is 4.41. The van der Waals surface area contributed by atoms with Crippen molar-refractivity contribution in [2.45, 2.75) is 18.9 Å². The van der Waals surface area contributed by atoms with Gasteiger partial charge < -0.3 is 9.80 Å². The van der Waals surface area contributed by atoms with Crippen molar-refractivity contribution in [3.63, 3.8) is 0 Å². The van der Waals surface area contributed by atoms with Gasteiger partial charge in [-0.25, -0.2) is 0 Å². The molecule has 27 heavy (non-hydrogen) atoms. The van der Waals surface area contributed by atoms with Gasteiger partial charge in [0, 0.05) is 13.6 Å². The van der Waals surface area contributed by atoms with E-state index >= 15 is 0 Å². The molecule has 4 heteroatoms. The number of benzene rings is 3. The van der Waals surface area contributed by atoms with Crippen LogP contribution in [0.25, 0.3) is 21.9 Å². The summed E-state index contributed by atoms with van der Waals surface area (Å²) in [5.74, 6) is -0.0233. The van der Waals surface area contributed by atoms with Gasteiger partial charge in [0.1, 0.15) is 6.04 Å². The molecule has 2 amide bonds. The highest BCUT2D eigenvalue weighted by atomic mass is 16.2. The standard InChI is InChI=1S/C23H20N2O2/c1-24-20-12-11-16(18-9-4-7-15-6-2-3-8-17(15)18)14-19(20)22(26)25-13-5-10-21(25)23(24)27/h2-4,6-9,11-12,14,21H,5,10,13H2,1H3/t21-/m0/s1. The zero-order valence-electron chi connectivity index (χ0n) is 15.2. The average Bonchev–Trinajstić information content (AvgIpc) is 3.19. The second kappa shape index (κ2) is 5.95. The molecule has 0 aliphatic carbocycles. The van der Waals surface area contributed by atoms with E-state index in [0.29, 0.717) is 17.8 Å². The summed E-state index contributed by atoms with van der Waals surface area (Å²) in [4.78, 5) is 29.4. The Morgan fingerprint density at radius 1 is 0.926 bits per heavy atom. The van der Waals surface area contributed by atoms with Crippen molar-refractivity contribution >= 4 is 28.3 Å². The van der Waals surface area contributed by atoms with E-state index in [0.717, 1.165) is 29.4 Å². The van der Waals surface area contributed by atoms with Crippen molar-refractivity contribution in [3.05, 3.63) is 66.2 Å². The molecule has 2 aliphatic heterocycles. The lowest BCUT2D eigenvalue weighted by atomic mass is 9.96. The van der Waals surface area contributed by atoms with Crippen molar-refractivity contribution in [2.24, 2.45) is 0 Å². The summed E-state index contributed by atoms with van der Waals surface area (Å²) < 4.78 is 0. The minimum absolute atomic E-state index is 0.0116. The van der Waals surface area contributed by atoms with E-state index in [-0.39, 0.29) is 17.9 Å². The fourth-order valence-corrected chi connectivity index (χ4v) is 4.41. The van der Waals surface area contributed by atoms with E-state index in [9.17, 15) is 9.59 Å². The van der Waals surface area contributed by atoms with Gasteiger partial charge in [-0.3, -0.25) is 9.59 Å². The normalized spacial score (nSPS) is 19.2. The molecule has 2 aliphatic rings. The molecule has 0 N–H and O–H groups in total. The van der Waals surface area contributed by atoms with E-state index in [2.05, 4.69) is 24.3 Å². The number of carbonyl (C=O) groups is 2. The van der Waals surface area contributed by atoms with E-state index in [1.54, 1.807) is 16.8 Å². The zero-order valence-corrected chi connectivity index (χ0v) is 15.2. The Hall–Kier alpha value is -3.14. The Morgan fingerprint density at radius 2 is 1.74 bits per heavy atom. The van der Waals surface area contributed by atoms with Gasteiger partial charge in [-0.1, -0.05) is 48.5 Å². The van der Waals surface area contributed by atoms with Gasteiger partial charge in [-0.05, 0) is 46.9 Å². The van der Waals surface area contributed by atoms with Crippen LogP contribution in [0, 0.1) is 0 Å². The maximum absolute atomic E-state index is 13.2. The number of fused-ring (bicyclic) bond motifs is 3. The Labute approximate surface area is 158 Å². The molecule has 1 atom stereocenters. The third kappa shape index (κ3) is 2.36. The maximum atomic E-state index is 13.2. The number of amides is 2. The van der Waals surface area contributed by atoms with Crippen molar-refractivity contribution in [1.82, 2.24) is 4.90 Å². The second-order valence-corrected chi connectivity index (χ2v) is 7.31. The first-order valence-corrected chi connectivity index (χ1v) is 9.36. The molecule has 2 heterocycles. The summed E-state index contributed by atoms with van der Waals surface area (Å²) in [6.45, 7) is 0.654. The van der Waals surface area contributed by atoms with E-state index in [1.807, 2.05) is 36.4 Å². The zero-order chi connectivity index (χ0) is 18.5. The molecule has 3 aromatic carbocycles. The molecule has 0 saturated carbocycles. The maximum Gasteiger partial charge on any atom is 0.256 e. The Balaban J connectivity index is 1.70. The summed E-state index contributed by atoms with van der Waals surface area (Å²) in [5, 5.41) is 2.33. The van der Waals surface area contributed by atoms with Crippen LogP contribution in [0.5, 0.6) is 0 Å². The van der Waals surface area contributed by atoms with Gasteiger partial charge in [0.15, 0.2) is 0 Å². The largest absolute Gasteiger partial charge is 0.327 e. The summed E-state index contributed by atoms with van der Waals surface area (Å²) in [6, 6.07) is 20.0.